The topological polar surface area (TPSA) is 63.3 Å². The minimum absolute atomic E-state index is 0.0278. The van der Waals surface area contributed by atoms with Crippen LogP contribution in [0.5, 0.6) is 11.5 Å². The lowest BCUT2D eigenvalue weighted by Gasteiger charge is -2.37. The van der Waals surface area contributed by atoms with E-state index in [1.54, 1.807) is 21.1 Å². The molecule has 34 heavy (non-hydrogen) atoms. The van der Waals surface area contributed by atoms with Crippen LogP contribution in [0.4, 0.5) is 0 Å². The maximum absolute atomic E-state index is 12.3. The van der Waals surface area contributed by atoms with Gasteiger partial charge >= 0.3 is 0 Å². The van der Waals surface area contributed by atoms with Crippen LogP contribution in [0, 0.1) is 0 Å². The lowest BCUT2D eigenvalue weighted by atomic mass is 9.71. The number of amides is 1. The van der Waals surface area contributed by atoms with Gasteiger partial charge in [0.1, 0.15) is 0 Å². The van der Waals surface area contributed by atoms with Crippen LogP contribution < -0.4 is 14.8 Å². The molecule has 1 aliphatic rings. The number of methoxy groups -OCH3 is 2. The predicted octanol–water partition coefficient (Wildman–Crippen LogP) is 6.01. The maximum atomic E-state index is 12.3. The van der Waals surface area contributed by atoms with E-state index in [0.717, 1.165) is 28.8 Å². The Hall–Kier alpha value is -3.44. The molecule has 1 aliphatic carbocycles. The van der Waals surface area contributed by atoms with Crippen LogP contribution >= 0.6 is 11.6 Å². The Morgan fingerprint density at radius 1 is 0.971 bits per heavy atom. The summed E-state index contributed by atoms with van der Waals surface area (Å²) in [5.41, 5.74) is 5.69. The van der Waals surface area contributed by atoms with Crippen molar-refractivity contribution >= 4 is 28.4 Å². The second-order valence-corrected chi connectivity index (χ2v) is 9.17. The van der Waals surface area contributed by atoms with Crippen LogP contribution in [-0.4, -0.2) is 31.2 Å². The summed E-state index contributed by atoms with van der Waals surface area (Å²) in [6.45, 7) is 1.57. The average Bonchev–Trinajstić information content (AvgIpc) is 3.23. The Bertz CT molecular complexity index is 1350. The van der Waals surface area contributed by atoms with Crippen LogP contribution in [0.2, 0.25) is 5.02 Å². The highest BCUT2D eigenvalue weighted by Gasteiger charge is 2.39. The fourth-order valence-electron chi connectivity index (χ4n) is 5.36. The van der Waals surface area contributed by atoms with E-state index >= 15 is 0 Å². The van der Waals surface area contributed by atoms with Gasteiger partial charge in [-0.2, -0.15) is 0 Å². The van der Waals surface area contributed by atoms with Gasteiger partial charge in [0, 0.05) is 46.4 Å². The second-order valence-electron chi connectivity index (χ2n) is 8.74. The van der Waals surface area contributed by atoms with Gasteiger partial charge in [0.05, 0.1) is 14.2 Å². The quantitative estimate of drug-likeness (QED) is 0.372. The van der Waals surface area contributed by atoms with Gasteiger partial charge in [-0.05, 0) is 53.4 Å². The van der Waals surface area contributed by atoms with Crippen LogP contribution in [-0.2, 0) is 4.79 Å². The van der Waals surface area contributed by atoms with Crippen molar-refractivity contribution in [2.24, 2.45) is 0 Å². The first-order valence-electron chi connectivity index (χ1n) is 11.3. The molecule has 0 bridgehead atoms. The fraction of sp³-hybridized carbons (Fsp3) is 0.250. The molecule has 5 rings (SSSR count). The molecule has 5 nitrogen and oxygen atoms in total. The Kier molecular flexibility index (Phi) is 5.96. The van der Waals surface area contributed by atoms with Crippen molar-refractivity contribution in [3.8, 4) is 11.5 Å². The molecule has 3 atom stereocenters. The number of ether oxygens (including phenoxy) is 2. The van der Waals surface area contributed by atoms with Gasteiger partial charge in [0.25, 0.3) is 0 Å². The molecule has 0 radical (unpaired) electrons. The third-order valence-electron chi connectivity index (χ3n) is 6.76. The molecule has 0 spiro atoms. The van der Waals surface area contributed by atoms with Crippen molar-refractivity contribution in [2.75, 3.05) is 14.2 Å². The van der Waals surface area contributed by atoms with Crippen LogP contribution in [0.15, 0.2) is 66.7 Å². The monoisotopic (exact) mass is 474 g/mol. The van der Waals surface area contributed by atoms with Gasteiger partial charge in [-0.3, -0.25) is 4.79 Å². The number of para-hydroxylation sites is 1. The second kappa shape index (κ2) is 9.07. The Morgan fingerprint density at radius 2 is 1.68 bits per heavy atom. The average molecular weight is 475 g/mol. The molecule has 0 saturated carbocycles. The fourth-order valence-corrected chi connectivity index (χ4v) is 5.48. The highest BCUT2D eigenvalue weighted by Crippen LogP contribution is 2.49. The van der Waals surface area contributed by atoms with E-state index < -0.39 is 0 Å². The number of carbonyl (C=O) groups is 1. The van der Waals surface area contributed by atoms with Crippen molar-refractivity contribution in [3.05, 3.63) is 94.1 Å². The number of H-pyrrole nitrogens is 1. The predicted molar refractivity (Wildman–Crippen MR) is 135 cm³/mol. The minimum Gasteiger partial charge on any atom is -0.493 e. The van der Waals surface area contributed by atoms with Gasteiger partial charge < -0.3 is 19.8 Å². The molecule has 2 N–H and O–H groups in total. The third kappa shape index (κ3) is 3.90. The Balaban J connectivity index is 1.73. The molecule has 3 aromatic carbocycles. The number of benzene rings is 3. The SMILES string of the molecule is COc1ccc([C@H]2C[C@H](NC(C)=O)[C@@H](c3ccc(Cl)cc3)c3[nH]c4ccccc4c32)cc1OC. The maximum Gasteiger partial charge on any atom is 0.217 e. The number of fused-ring (bicyclic) bond motifs is 3. The van der Waals surface area contributed by atoms with Crippen LogP contribution in [0.25, 0.3) is 10.9 Å². The smallest absolute Gasteiger partial charge is 0.217 e. The normalized spacial score (nSPS) is 19.5. The van der Waals surface area contributed by atoms with Crippen molar-refractivity contribution < 1.29 is 14.3 Å². The molecule has 4 aromatic rings. The van der Waals surface area contributed by atoms with E-state index in [4.69, 9.17) is 21.1 Å². The number of hydrogen-bond acceptors (Lipinski definition) is 3. The zero-order chi connectivity index (χ0) is 23.8. The number of nitrogens with one attached hydrogen (secondary N) is 2. The molecular formula is C28H27ClN2O3. The molecule has 6 heteroatoms. The minimum atomic E-state index is -0.0997. The zero-order valence-corrected chi connectivity index (χ0v) is 20.1. The van der Waals surface area contributed by atoms with Crippen molar-refractivity contribution in [2.45, 2.75) is 31.2 Å². The highest BCUT2D eigenvalue weighted by atomic mass is 35.5. The van der Waals surface area contributed by atoms with E-state index in [-0.39, 0.29) is 23.8 Å². The summed E-state index contributed by atoms with van der Waals surface area (Å²) in [5, 5.41) is 5.12. The van der Waals surface area contributed by atoms with Crippen molar-refractivity contribution in [1.29, 1.82) is 0 Å². The van der Waals surface area contributed by atoms with E-state index in [0.29, 0.717) is 16.5 Å². The highest BCUT2D eigenvalue weighted by molar-refractivity contribution is 6.30. The van der Waals surface area contributed by atoms with Crippen LogP contribution in [0.3, 0.4) is 0 Å². The molecule has 0 unspecified atom stereocenters. The summed E-state index contributed by atoms with van der Waals surface area (Å²) in [4.78, 5) is 16.0. The number of aromatic nitrogens is 1. The van der Waals surface area contributed by atoms with Crippen molar-refractivity contribution in [3.63, 3.8) is 0 Å². The molecular weight excluding hydrogens is 448 g/mol. The van der Waals surface area contributed by atoms with Gasteiger partial charge in [0.2, 0.25) is 5.91 Å². The lowest BCUT2D eigenvalue weighted by molar-refractivity contribution is -0.119. The third-order valence-corrected chi connectivity index (χ3v) is 7.01. The number of hydrogen-bond donors (Lipinski definition) is 2. The molecule has 0 aliphatic heterocycles. The first kappa shape index (κ1) is 22.4. The van der Waals surface area contributed by atoms with E-state index in [1.807, 2.05) is 42.5 Å². The molecule has 1 aromatic heterocycles. The Labute approximate surface area is 204 Å². The van der Waals surface area contributed by atoms with Gasteiger partial charge in [-0.15, -0.1) is 0 Å². The number of halogens is 1. The van der Waals surface area contributed by atoms with Crippen LogP contribution in [0.1, 0.15) is 47.6 Å². The van der Waals surface area contributed by atoms with E-state index in [2.05, 4.69) is 34.6 Å². The first-order chi connectivity index (χ1) is 16.5. The summed E-state index contributed by atoms with van der Waals surface area (Å²) in [5.74, 6) is 1.37. The summed E-state index contributed by atoms with van der Waals surface area (Å²) in [7, 11) is 3.29. The van der Waals surface area contributed by atoms with Crippen molar-refractivity contribution in [1.82, 2.24) is 10.3 Å². The lowest BCUT2D eigenvalue weighted by Crippen LogP contribution is -2.42. The number of carbonyl (C=O) groups excluding carboxylic acids is 1. The summed E-state index contributed by atoms with van der Waals surface area (Å²) in [6.07, 6.45) is 0.747. The summed E-state index contributed by atoms with van der Waals surface area (Å²) in [6, 6.07) is 22.3. The van der Waals surface area contributed by atoms with Gasteiger partial charge in [-0.1, -0.05) is 48.0 Å². The molecule has 1 amide bonds. The summed E-state index contributed by atoms with van der Waals surface area (Å²) < 4.78 is 11.1. The van der Waals surface area contributed by atoms with E-state index in [1.165, 1.54) is 10.9 Å². The van der Waals surface area contributed by atoms with Gasteiger partial charge in [-0.25, -0.2) is 0 Å². The molecule has 0 saturated heterocycles. The number of aromatic amines is 1. The van der Waals surface area contributed by atoms with Gasteiger partial charge in [0.15, 0.2) is 11.5 Å². The molecule has 0 fully saturated rings. The largest absolute Gasteiger partial charge is 0.493 e. The summed E-state index contributed by atoms with van der Waals surface area (Å²) >= 11 is 6.19. The molecule has 174 valence electrons. The molecule has 1 heterocycles. The standard InChI is InChI=1S/C28H27ClN2O3/c1-16(32)30-23-15-21(18-10-13-24(33-2)25(14-18)34-3)27-20-6-4-5-7-22(20)31-28(27)26(23)17-8-11-19(29)12-9-17/h4-14,21,23,26,31H,15H2,1-3H3,(H,30,32)/t21-,23+,26-/m1/s1. The first-order valence-corrected chi connectivity index (χ1v) is 11.7. The number of rotatable bonds is 5. The zero-order valence-electron chi connectivity index (χ0n) is 19.4. The van der Waals surface area contributed by atoms with E-state index in [9.17, 15) is 4.79 Å². The Morgan fingerprint density at radius 3 is 2.38 bits per heavy atom.